The van der Waals surface area contributed by atoms with Gasteiger partial charge in [0, 0.05) is 27.5 Å². The van der Waals surface area contributed by atoms with Crippen molar-refractivity contribution in [3.05, 3.63) is 199 Å². The lowest BCUT2D eigenvalue weighted by Crippen LogP contribution is -2.11. The van der Waals surface area contributed by atoms with Crippen LogP contribution in [0.3, 0.4) is 0 Å². The number of fused-ring (bicyclic) bond motifs is 5. The smallest absolute Gasteiger partial charge is 0.164 e. The SMILES string of the molecule is Cc1cc(-c2nc(-c3cccc(-c4cc(-c5ccccc5)cc5ccccc45)c3)nc(-c3cc(-c4cccc5ccccc45)cc(C(C)(C)C)c3)n2)cc2c1oc1ccccc12. The molecule has 4 nitrogen and oxygen atoms in total. The number of rotatable bonds is 6. The van der Waals surface area contributed by atoms with Crippen molar-refractivity contribution < 1.29 is 4.42 Å². The highest BCUT2D eigenvalue weighted by Gasteiger charge is 2.21. The van der Waals surface area contributed by atoms with E-state index in [1.165, 1.54) is 43.8 Å². The third-order valence-electron chi connectivity index (χ3n) is 12.1. The minimum absolute atomic E-state index is 0.135. The average molecular weight is 798 g/mol. The Morgan fingerprint density at radius 3 is 1.71 bits per heavy atom. The molecule has 2 heterocycles. The second-order valence-corrected chi connectivity index (χ2v) is 17.3. The van der Waals surface area contributed by atoms with Crippen molar-refractivity contribution >= 4 is 43.5 Å². The first-order valence-electron chi connectivity index (χ1n) is 21.2. The first kappa shape index (κ1) is 37.3. The highest BCUT2D eigenvalue weighted by Crippen LogP contribution is 2.40. The van der Waals surface area contributed by atoms with Gasteiger partial charge >= 0.3 is 0 Å². The van der Waals surface area contributed by atoms with E-state index in [2.05, 4.69) is 204 Å². The van der Waals surface area contributed by atoms with E-state index >= 15 is 0 Å². The summed E-state index contributed by atoms with van der Waals surface area (Å²) >= 11 is 0. The van der Waals surface area contributed by atoms with Crippen molar-refractivity contribution in [2.75, 3.05) is 0 Å². The van der Waals surface area contributed by atoms with Gasteiger partial charge in [0.05, 0.1) is 0 Å². The molecular formula is C58H43N3O. The molecule has 11 rings (SSSR count). The van der Waals surface area contributed by atoms with Gasteiger partial charge in [-0.2, -0.15) is 0 Å². The van der Waals surface area contributed by atoms with Gasteiger partial charge in [-0.1, -0.05) is 160 Å². The van der Waals surface area contributed by atoms with Gasteiger partial charge in [-0.3, -0.25) is 0 Å². The Bertz CT molecular complexity index is 3520. The van der Waals surface area contributed by atoms with E-state index in [0.29, 0.717) is 17.5 Å². The summed E-state index contributed by atoms with van der Waals surface area (Å²) < 4.78 is 6.36. The summed E-state index contributed by atoms with van der Waals surface area (Å²) in [6, 6.07) is 66.9. The zero-order valence-corrected chi connectivity index (χ0v) is 35.1. The summed E-state index contributed by atoms with van der Waals surface area (Å²) in [5, 5.41) is 6.91. The summed E-state index contributed by atoms with van der Waals surface area (Å²) in [5.41, 5.74) is 13.5. The molecule has 0 unspecified atom stereocenters. The van der Waals surface area contributed by atoms with E-state index in [-0.39, 0.29) is 5.41 Å². The Morgan fingerprint density at radius 1 is 0.371 bits per heavy atom. The highest BCUT2D eigenvalue weighted by molar-refractivity contribution is 6.07. The number of hydrogen-bond acceptors (Lipinski definition) is 4. The third-order valence-corrected chi connectivity index (χ3v) is 12.1. The van der Waals surface area contributed by atoms with Gasteiger partial charge in [0.2, 0.25) is 0 Å². The molecule has 9 aromatic carbocycles. The first-order chi connectivity index (χ1) is 30.2. The molecule has 4 heteroatoms. The summed E-state index contributed by atoms with van der Waals surface area (Å²) in [7, 11) is 0. The van der Waals surface area contributed by atoms with Crippen molar-refractivity contribution in [3.63, 3.8) is 0 Å². The van der Waals surface area contributed by atoms with Crippen LogP contribution in [0.2, 0.25) is 0 Å². The van der Waals surface area contributed by atoms with Crippen LogP contribution in [0.15, 0.2) is 192 Å². The molecule has 0 spiro atoms. The van der Waals surface area contributed by atoms with E-state index in [1.54, 1.807) is 0 Å². The number of nitrogens with zero attached hydrogens (tertiary/aromatic N) is 3. The normalized spacial score (nSPS) is 11.9. The van der Waals surface area contributed by atoms with Crippen LogP contribution >= 0.6 is 0 Å². The molecule has 0 aliphatic rings. The Balaban J connectivity index is 1.14. The summed E-state index contributed by atoms with van der Waals surface area (Å²) in [4.78, 5) is 16.0. The van der Waals surface area contributed by atoms with Crippen LogP contribution in [0.25, 0.3) is 111 Å². The van der Waals surface area contributed by atoms with E-state index in [1.807, 2.05) is 12.1 Å². The maximum absolute atomic E-state index is 6.36. The van der Waals surface area contributed by atoms with Crippen molar-refractivity contribution in [3.8, 4) is 67.5 Å². The predicted octanol–water partition coefficient (Wildman–Crippen LogP) is 15.7. The standard InChI is InChI=1S/C58H43N3O/c1-36-28-44(35-52-50-25-12-13-27-53(50)62-54(36)52)56-59-55(41-22-14-21-40(29-41)51-34-42(37-16-6-5-7-17-37)30-39-19-9-11-24-48(39)51)60-57(61-56)45-31-43(32-46(33-45)58(2,3)4)49-26-15-20-38-18-8-10-23-47(38)49/h5-35H,1-4H3. The molecule has 0 radical (unpaired) electrons. The summed E-state index contributed by atoms with van der Waals surface area (Å²) in [6.45, 7) is 8.88. The molecule has 296 valence electrons. The van der Waals surface area contributed by atoms with Crippen LogP contribution in [0, 0.1) is 6.92 Å². The quantitative estimate of drug-likeness (QED) is 0.168. The molecule has 0 amide bonds. The zero-order valence-electron chi connectivity index (χ0n) is 35.1. The number of aryl methyl sites for hydroxylation is 1. The van der Waals surface area contributed by atoms with Crippen molar-refractivity contribution in [2.24, 2.45) is 0 Å². The predicted molar refractivity (Wildman–Crippen MR) is 258 cm³/mol. The minimum atomic E-state index is -0.135. The molecular weight excluding hydrogens is 755 g/mol. The largest absolute Gasteiger partial charge is 0.456 e. The summed E-state index contributed by atoms with van der Waals surface area (Å²) in [5.74, 6) is 1.84. The Morgan fingerprint density at radius 2 is 0.935 bits per heavy atom. The first-order valence-corrected chi connectivity index (χ1v) is 21.2. The number of benzene rings is 9. The number of furan rings is 1. The second kappa shape index (κ2) is 14.8. The van der Waals surface area contributed by atoms with Crippen LogP contribution in [0.5, 0.6) is 0 Å². The fraction of sp³-hybridized carbons (Fsp3) is 0.0862. The number of hydrogen-bond donors (Lipinski definition) is 0. The van der Waals surface area contributed by atoms with Crippen molar-refractivity contribution in [1.29, 1.82) is 0 Å². The lowest BCUT2D eigenvalue weighted by atomic mass is 9.83. The molecule has 0 bridgehead atoms. The molecule has 11 aromatic rings. The molecule has 0 atom stereocenters. The fourth-order valence-corrected chi connectivity index (χ4v) is 8.88. The monoisotopic (exact) mass is 797 g/mol. The maximum atomic E-state index is 6.36. The Hall–Kier alpha value is -7.69. The van der Waals surface area contributed by atoms with E-state index in [4.69, 9.17) is 19.4 Å². The fourth-order valence-electron chi connectivity index (χ4n) is 8.88. The number of aromatic nitrogens is 3. The van der Waals surface area contributed by atoms with Crippen LogP contribution in [-0.4, -0.2) is 15.0 Å². The molecule has 0 aliphatic carbocycles. The van der Waals surface area contributed by atoms with Crippen LogP contribution < -0.4 is 0 Å². The van der Waals surface area contributed by atoms with Gasteiger partial charge in [0.15, 0.2) is 17.5 Å². The second-order valence-electron chi connectivity index (χ2n) is 17.3. The van der Waals surface area contributed by atoms with Gasteiger partial charge in [-0.15, -0.1) is 0 Å². The van der Waals surface area contributed by atoms with E-state index in [0.717, 1.165) is 60.9 Å². The van der Waals surface area contributed by atoms with Crippen molar-refractivity contribution in [2.45, 2.75) is 33.1 Å². The molecule has 0 aliphatic heterocycles. The van der Waals surface area contributed by atoms with Crippen LogP contribution in [0.1, 0.15) is 31.9 Å². The lowest BCUT2D eigenvalue weighted by Gasteiger charge is -2.22. The van der Waals surface area contributed by atoms with Crippen molar-refractivity contribution in [1.82, 2.24) is 15.0 Å². The van der Waals surface area contributed by atoms with Gasteiger partial charge in [0.1, 0.15) is 11.2 Å². The molecule has 0 N–H and O–H groups in total. The van der Waals surface area contributed by atoms with E-state index < -0.39 is 0 Å². The van der Waals surface area contributed by atoms with Gasteiger partial charge < -0.3 is 4.42 Å². The molecule has 0 saturated carbocycles. The topological polar surface area (TPSA) is 51.8 Å². The molecule has 0 saturated heterocycles. The average Bonchev–Trinajstić information content (AvgIpc) is 3.70. The van der Waals surface area contributed by atoms with Gasteiger partial charge in [-0.05, 0) is 127 Å². The van der Waals surface area contributed by atoms with Crippen LogP contribution in [-0.2, 0) is 5.41 Å². The summed E-state index contributed by atoms with van der Waals surface area (Å²) in [6.07, 6.45) is 0. The van der Waals surface area contributed by atoms with Gasteiger partial charge in [0.25, 0.3) is 0 Å². The minimum Gasteiger partial charge on any atom is -0.456 e. The number of para-hydroxylation sites is 1. The zero-order chi connectivity index (χ0) is 42.0. The lowest BCUT2D eigenvalue weighted by molar-refractivity contribution is 0.590. The molecule has 0 fully saturated rings. The Kier molecular flexibility index (Phi) is 8.90. The maximum Gasteiger partial charge on any atom is 0.164 e. The third kappa shape index (κ3) is 6.71. The Labute approximate surface area is 361 Å². The highest BCUT2D eigenvalue weighted by atomic mass is 16.3. The molecule has 2 aromatic heterocycles. The van der Waals surface area contributed by atoms with Gasteiger partial charge in [-0.25, -0.2) is 15.0 Å². The van der Waals surface area contributed by atoms with E-state index in [9.17, 15) is 0 Å². The van der Waals surface area contributed by atoms with Crippen LogP contribution in [0.4, 0.5) is 0 Å². The molecule has 62 heavy (non-hydrogen) atoms.